The van der Waals surface area contributed by atoms with E-state index in [-0.39, 0.29) is 23.3 Å². The van der Waals surface area contributed by atoms with Crippen molar-refractivity contribution in [3.05, 3.63) is 12.2 Å². The summed E-state index contributed by atoms with van der Waals surface area (Å²) < 4.78 is 0. The number of nitrogens with zero attached hydrogens (tertiary/aromatic N) is 2. The summed E-state index contributed by atoms with van der Waals surface area (Å²) >= 11 is 0. The zero-order chi connectivity index (χ0) is 18.4. The smallest absolute Gasteiger partial charge is 0.317 e. The fraction of sp³-hybridized carbons (Fsp3) is 0.737. The van der Waals surface area contributed by atoms with Crippen molar-refractivity contribution in [1.29, 1.82) is 0 Å². The Morgan fingerprint density at radius 1 is 1.12 bits per heavy atom. The van der Waals surface area contributed by atoms with E-state index in [2.05, 4.69) is 26.1 Å². The number of likely N-dealkylation sites (tertiary alicyclic amines) is 1. The molecule has 140 valence electrons. The van der Waals surface area contributed by atoms with Crippen LogP contribution in [0.15, 0.2) is 12.2 Å². The molecule has 0 aromatic carbocycles. The Morgan fingerprint density at radius 2 is 1.76 bits per heavy atom. The molecule has 2 aliphatic rings. The second-order valence-corrected chi connectivity index (χ2v) is 8.11. The normalized spacial score (nSPS) is 20.7. The Balaban J connectivity index is 1.51. The van der Waals surface area contributed by atoms with Gasteiger partial charge < -0.3 is 10.2 Å². The zero-order valence-electron chi connectivity index (χ0n) is 15.7. The summed E-state index contributed by atoms with van der Waals surface area (Å²) in [7, 11) is 0. The number of hydrogen-bond donors (Lipinski definition) is 1. The molecule has 0 unspecified atom stereocenters. The van der Waals surface area contributed by atoms with Gasteiger partial charge in [0.1, 0.15) is 0 Å². The molecule has 1 atom stereocenters. The van der Waals surface area contributed by atoms with Crippen molar-refractivity contribution >= 4 is 17.8 Å². The van der Waals surface area contributed by atoms with Crippen molar-refractivity contribution in [2.45, 2.75) is 52.9 Å². The Kier molecular flexibility index (Phi) is 6.62. The number of nitrogens with one attached hydrogen (secondary N) is 1. The number of imide groups is 1. The maximum atomic E-state index is 12.2. The molecule has 4 amide bonds. The van der Waals surface area contributed by atoms with Gasteiger partial charge in [-0.25, -0.2) is 4.79 Å². The number of hydrogen-bond acceptors (Lipinski definition) is 3. The number of carbonyl (C=O) groups is 3. The third-order valence-electron chi connectivity index (χ3n) is 5.19. The lowest BCUT2D eigenvalue weighted by Gasteiger charge is -2.27. The summed E-state index contributed by atoms with van der Waals surface area (Å²) in [6, 6.07) is 0.0473. The molecule has 1 N–H and O–H groups in total. The van der Waals surface area contributed by atoms with Crippen LogP contribution in [0, 0.1) is 11.3 Å². The van der Waals surface area contributed by atoms with Crippen molar-refractivity contribution in [3.63, 3.8) is 0 Å². The molecule has 0 radical (unpaired) electrons. The highest BCUT2D eigenvalue weighted by Gasteiger charge is 2.33. The van der Waals surface area contributed by atoms with Crippen molar-refractivity contribution in [1.82, 2.24) is 15.1 Å². The second-order valence-electron chi connectivity index (χ2n) is 8.11. The van der Waals surface area contributed by atoms with Crippen LogP contribution in [0.1, 0.15) is 52.9 Å². The molecule has 6 nitrogen and oxygen atoms in total. The van der Waals surface area contributed by atoms with Crippen LogP contribution >= 0.6 is 0 Å². The monoisotopic (exact) mass is 349 g/mol. The molecule has 0 aromatic rings. The number of unbranched alkanes of at least 4 members (excludes halogenated alkanes) is 3. The zero-order valence-corrected chi connectivity index (χ0v) is 15.7. The van der Waals surface area contributed by atoms with Crippen molar-refractivity contribution < 1.29 is 14.4 Å². The van der Waals surface area contributed by atoms with Crippen LogP contribution < -0.4 is 5.32 Å². The molecule has 0 saturated carbocycles. The van der Waals surface area contributed by atoms with E-state index in [9.17, 15) is 14.4 Å². The maximum absolute atomic E-state index is 12.2. The standard InChI is InChI=1S/C19H31N3O3/c1-19(2,3)15-10-13-21(14-15)18(25)20-11-6-4-5-7-12-22-16(23)8-9-17(22)24/h8-9,15H,4-7,10-14H2,1-3H3,(H,20,25)/t15-/m0/s1. The van der Waals surface area contributed by atoms with E-state index in [4.69, 9.17) is 0 Å². The number of rotatable bonds is 7. The fourth-order valence-corrected chi connectivity index (χ4v) is 3.36. The number of amides is 4. The lowest BCUT2D eigenvalue weighted by Crippen LogP contribution is -2.39. The average Bonchev–Trinajstić information content (AvgIpc) is 3.15. The second kappa shape index (κ2) is 8.50. The van der Waals surface area contributed by atoms with Crippen LogP contribution in [0.4, 0.5) is 4.79 Å². The largest absolute Gasteiger partial charge is 0.338 e. The minimum Gasteiger partial charge on any atom is -0.338 e. The van der Waals surface area contributed by atoms with E-state index >= 15 is 0 Å². The first kappa shape index (κ1) is 19.5. The Hall–Kier alpha value is -1.85. The Labute approximate surface area is 150 Å². The van der Waals surface area contributed by atoms with Gasteiger partial charge in [0.05, 0.1) is 0 Å². The molecule has 25 heavy (non-hydrogen) atoms. The first-order chi connectivity index (χ1) is 11.8. The third-order valence-corrected chi connectivity index (χ3v) is 5.19. The van der Waals surface area contributed by atoms with Gasteiger partial charge in [-0.1, -0.05) is 33.6 Å². The van der Waals surface area contributed by atoms with E-state index in [0.29, 0.717) is 19.0 Å². The highest BCUT2D eigenvalue weighted by atomic mass is 16.2. The molecule has 1 saturated heterocycles. The lowest BCUT2D eigenvalue weighted by atomic mass is 9.80. The van der Waals surface area contributed by atoms with Crippen LogP contribution in [0.5, 0.6) is 0 Å². The quantitative estimate of drug-likeness (QED) is 0.567. The number of carbonyl (C=O) groups excluding carboxylic acids is 3. The van der Waals surface area contributed by atoms with Crippen molar-refractivity contribution in [2.75, 3.05) is 26.2 Å². The van der Waals surface area contributed by atoms with Crippen LogP contribution in [0.25, 0.3) is 0 Å². The molecular formula is C19H31N3O3. The summed E-state index contributed by atoms with van der Waals surface area (Å²) in [6.07, 6.45) is 7.38. The van der Waals surface area contributed by atoms with Gasteiger partial charge in [-0.15, -0.1) is 0 Å². The summed E-state index contributed by atoms with van der Waals surface area (Å²) in [4.78, 5) is 38.2. The molecule has 1 fully saturated rings. The molecular weight excluding hydrogens is 318 g/mol. The van der Waals surface area contributed by atoms with E-state index in [1.54, 1.807) is 0 Å². The molecule has 2 aliphatic heterocycles. The maximum Gasteiger partial charge on any atom is 0.317 e. The Morgan fingerprint density at radius 3 is 2.36 bits per heavy atom. The van der Waals surface area contributed by atoms with Gasteiger partial charge in [-0.05, 0) is 30.6 Å². The van der Waals surface area contributed by atoms with Crippen molar-refractivity contribution in [3.8, 4) is 0 Å². The topological polar surface area (TPSA) is 69.7 Å². The van der Waals surface area contributed by atoms with Crippen LogP contribution in [-0.4, -0.2) is 53.8 Å². The molecule has 0 bridgehead atoms. The van der Waals surface area contributed by atoms with Crippen LogP contribution in [0.3, 0.4) is 0 Å². The summed E-state index contributed by atoms with van der Waals surface area (Å²) in [5.74, 6) is 0.150. The predicted octanol–water partition coefficient (Wildman–Crippen LogP) is 2.55. The van der Waals surface area contributed by atoms with Gasteiger partial charge in [0, 0.05) is 38.3 Å². The summed E-state index contributed by atoms with van der Waals surface area (Å²) in [6.45, 7) is 9.56. The van der Waals surface area contributed by atoms with Gasteiger partial charge >= 0.3 is 6.03 Å². The first-order valence-corrected chi connectivity index (χ1v) is 9.35. The van der Waals surface area contributed by atoms with Gasteiger partial charge in [0.2, 0.25) is 0 Å². The highest BCUT2D eigenvalue weighted by Crippen LogP contribution is 2.33. The highest BCUT2D eigenvalue weighted by molar-refractivity contribution is 6.12. The van der Waals surface area contributed by atoms with Crippen LogP contribution in [0.2, 0.25) is 0 Å². The van der Waals surface area contributed by atoms with Gasteiger partial charge in [0.15, 0.2) is 0 Å². The van der Waals surface area contributed by atoms with E-state index in [1.807, 2.05) is 4.90 Å². The van der Waals surface area contributed by atoms with Gasteiger partial charge in [-0.3, -0.25) is 14.5 Å². The lowest BCUT2D eigenvalue weighted by molar-refractivity contribution is -0.136. The van der Waals surface area contributed by atoms with E-state index < -0.39 is 0 Å². The molecule has 0 spiro atoms. The first-order valence-electron chi connectivity index (χ1n) is 9.35. The average molecular weight is 349 g/mol. The third kappa shape index (κ3) is 5.58. The van der Waals surface area contributed by atoms with Crippen LogP contribution in [-0.2, 0) is 9.59 Å². The summed E-state index contributed by atoms with van der Waals surface area (Å²) in [5, 5.41) is 3.00. The minimum absolute atomic E-state index is 0.0473. The minimum atomic E-state index is -0.212. The molecule has 6 heteroatoms. The summed E-state index contributed by atoms with van der Waals surface area (Å²) in [5.41, 5.74) is 0.253. The van der Waals surface area contributed by atoms with E-state index in [1.165, 1.54) is 17.1 Å². The predicted molar refractivity (Wildman–Crippen MR) is 96.9 cm³/mol. The SMILES string of the molecule is CC(C)(C)[C@H]1CCN(C(=O)NCCCCCCN2C(=O)C=CC2=O)C1. The van der Waals surface area contributed by atoms with Crippen molar-refractivity contribution in [2.24, 2.45) is 11.3 Å². The molecule has 0 aromatic heterocycles. The number of urea groups is 1. The molecule has 0 aliphatic carbocycles. The fourth-order valence-electron chi connectivity index (χ4n) is 3.36. The Bertz CT molecular complexity index is 519. The van der Waals surface area contributed by atoms with Gasteiger partial charge in [-0.2, -0.15) is 0 Å². The molecule has 2 heterocycles. The van der Waals surface area contributed by atoms with E-state index in [0.717, 1.165) is 45.2 Å². The van der Waals surface area contributed by atoms with Gasteiger partial charge in [0.25, 0.3) is 11.8 Å². The molecule has 2 rings (SSSR count).